The Bertz CT molecular complexity index is 497. The lowest BCUT2D eigenvalue weighted by Crippen LogP contribution is -2.22. The highest BCUT2D eigenvalue weighted by atomic mass is 32.2. The van der Waals surface area contributed by atoms with Crippen molar-refractivity contribution < 1.29 is 17.9 Å². The van der Waals surface area contributed by atoms with Crippen LogP contribution in [0.5, 0.6) is 11.5 Å². The fourth-order valence-corrected chi connectivity index (χ4v) is 2.32. The molecule has 1 aromatic carbocycles. The van der Waals surface area contributed by atoms with Crippen molar-refractivity contribution in [3.63, 3.8) is 0 Å². The largest absolute Gasteiger partial charge is 0.490 e. The molecule has 1 rings (SSSR count). The van der Waals surface area contributed by atoms with Crippen LogP contribution < -0.4 is 9.47 Å². The summed E-state index contributed by atoms with van der Waals surface area (Å²) in [5, 5.41) is 0. The number of rotatable bonds is 6. The highest BCUT2D eigenvalue weighted by Crippen LogP contribution is 2.30. The fraction of sp³-hybridized carbons (Fsp3) is 0.500. The van der Waals surface area contributed by atoms with Crippen LogP contribution in [0.4, 0.5) is 0 Å². The van der Waals surface area contributed by atoms with E-state index in [2.05, 4.69) is 0 Å². The summed E-state index contributed by atoms with van der Waals surface area (Å²) in [5.74, 6) is 0.999. The maximum absolute atomic E-state index is 12.0. The molecule has 1 aromatic rings. The minimum atomic E-state index is -3.45. The summed E-state index contributed by atoms with van der Waals surface area (Å²) in [5.41, 5.74) is 0. The Morgan fingerprint density at radius 1 is 1.06 bits per heavy atom. The smallest absolute Gasteiger partial charge is 0.242 e. The van der Waals surface area contributed by atoms with Crippen molar-refractivity contribution in [1.29, 1.82) is 0 Å². The number of ether oxygens (including phenoxy) is 2. The van der Waals surface area contributed by atoms with Crippen LogP contribution >= 0.6 is 0 Å². The van der Waals surface area contributed by atoms with E-state index in [1.165, 1.54) is 30.5 Å². The molecule has 0 atom stereocenters. The lowest BCUT2D eigenvalue weighted by atomic mass is 10.3. The minimum Gasteiger partial charge on any atom is -0.490 e. The first-order chi connectivity index (χ1) is 8.43. The predicted octanol–water partition coefficient (Wildman–Crippen LogP) is 1.73. The summed E-state index contributed by atoms with van der Waals surface area (Å²) in [6.07, 6.45) is 0. The van der Waals surface area contributed by atoms with E-state index < -0.39 is 10.0 Å². The molecule has 0 aliphatic heterocycles. The molecule has 6 heteroatoms. The van der Waals surface area contributed by atoms with E-state index in [9.17, 15) is 8.42 Å². The van der Waals surface area contributed by atoms with Crippen LogP contribution in [0.2, 0.25) is 0 Å². The van der Waals surface area contributed by atoms with Gasteiger partial charge in [0.05, 0.1) is 18.1 Å². The van der Waals surface area contributed by atoms with Gasteiger partial charge in [0.1, 0.15) is 0 Å². The summed E-state index contributed by atoms with van der Waals surface area (Å²) < 4.78 is 35.9. The van der Waals surface area contributed by atoms with Crippen molar-refractivity contribution in [2.24, 2.45) is 0 Å². The Labute approximate surface area is 108 Å². The summed E-state index contributed by atoms with van der Waals surface area (Å²) in [6.45, 7) is 4.65. The molecular formula is C12H19NO4S. The van der Waals surface area contributed by atoms with E-state index in [1.54, 1.807) is 6.07 Å². The van der Waals surface area contributed by atoms with Crippen molar-refractivity contribution in [3.8, 4) is 11.5 Å². The number of hydrogen-bond acceptors (Lipinski definition) is 4. The van der Waals surface area contributed by atoms with Crippen LogP contribution in [0.15, 0.2) is 23.1 Å². The maximum Gasteiger partial charge on any atom is 0.242 e. The third-order valence-corrected chi connectivity index (χ3v) is 4.10. The van der Waals surface area contributed by atoms with E-state index in [1.807, 2.05) is 13.8 Å². The van der Waals surface area contributed by atoms with E-state index in [-0.39, 0.29) is 4.90 Å². The molecule has 0 saturated heterocycles. The SMILES string of the molecule is CCOc1ccc(S(=O)(=O)N(C)C)cc1OCC. The van der Waals surface area contributed by atoms with E-state index >= 15 is 0 Å². The van der Waals surface area contributed by atoms with Crippen LogP contribution in [0, 0.1) is 0 Å². The van der Waals surface area contributed by atoms with Crippen molar-refractivity contribution in [1.82, 2.24) is 4.31 Å². The molecule has 0 aliphatic rings. The number of benzene rings is 1. The summed E-state index contributed by atoms with van der Waals surface area (Å²) in [6, 6.07) is 4.62. The Hall–Kier alpha value is -1.27. The summed E-state index contributed by atoms with van der Waals surface area (Å²) in [7, 11) is -0.467. The molecule has 0 aromatic heterocycles. The molecule has 5 nitrogen and oxygen atoms in total. The first kappa shape index (κ1) is 14.8. The van der Waals surface area contributed by atoms with Gasteiger partial charge in [-0.25, -0.2) is 12.7 Å². The first-order valence-corrected chi connectivity index (χ1v) is 7.19. The molecule has 0 aliphatic carbocycles. The minimum absolute atomic E-state index is 0.194. The average Bonchev–Trinajstić information content (AvgIpc) is 2.31. The van der Waals surface area contributed by atoms with E-state index in [4.69, 9.17) is 9.47 Å². The second-order valence-corrected chi connectivity index (χ2v) is 5.91. The van der Waals surface area contributed by atoms with Gasteiger partial charge in [-0.15, -0.1) is 0 Å². The van der Waals surface area contributed by atoms with Gasteiger partial charge in [0.15, 0.2) is 11.5 Å². The fourth-order valence-electron chi connectivity index (χ4n) is 1.40. The second kappa shape index (κ2) is 6.06. The van der Waals surface area contributed by atoms with Gasteiger partial charge in [-0.2, -0.15) is 0 Å². The molecule has 0 fully saturated rings. The molecule has 0 radical (unpaired) electrons. The van der Waals surface area contributed by atoms with Crippen LogP contribution in [0.3, 0.4) is 0 Å². The Morgan fingerprint density at radius 3 is 2.11 bits per heavy atom. The number of hydrogen-bond donors (Lipinski definition) is 0. The lowest BCUT2D eigenvalue weighted by Gasteiger charge is -2.15. The number of sulfonamides is 1. The van der Waals surface area contributed by atoms with Gasteiger partial charge in [-0.1, -0.05) is 0 Å². The summed E-state index contributed by atoms with van der Waals surface area (Å²) in [4.78, 5) is 0.194. The molecule has 0 bridgehead atoms. The van der Waals surface area contributed by atoms with Crippen LogP contribution in [-0.4, -0.2) is 40.0 Å². The number of nitrogens with zero attached hydrogens (tertiary/aromatic N) is 1. The maximum atomic E-state index is 12.0. The van der Waals surface area contributed by atoms with Gasteiger partial charge in [0.25, 0.3) is 0 Å². The molecule has 0 N–H and O–H groups in total. The van der Waals surface area contributed by atoms with Crippen LogP contribution in [0.25, 0.3) is 0 Å². The molecule has 0 spiro atoms. The van der Waals surface area contributed by atoms with Crippen molar-refractivity contribution in [2.45, 2.75) is 18.7 Å². The average molecular weight is 273 g/mol. The van der Waals surface area contributed by atoms with E-state index in [0.29, 0.717) is 24.7 Å². The topological polar surface area (TPSA) is 55.8 Å². The quantitative estimate of drug-likeness (QED) is 0.792. The monoisotopic (exact) mass is 273 g/mol. The van der Waals surface area contributed by atoms with Gasteiger partial charge in [-0.05, 0) is 26.0 Å². The van der Waals surface area contributed by atoms with Crippen LogP contribution in [-0.2, 0) is 10.0 Å². The standard InChI is InChI=1S/C12H19NO4S/c1-5-16-11-8-7-10(9-12(11)17-6-2)18(14,15)13(3)4/h7-9H,5-6H2,1-4H3. The van der Waals surface area contributed by atoms with Crippen molar-refractivity contribution in [3.05, 3.63) is 18.2 Å². The van der Waals surface area contributed by atoms with E-state index in [0.717, 1.165) is 0 Å². The molecular weight excluding hydrogens is 254 g/mol. The van der Waals surface area contributed by atoms with Gasteiger partial charge < -0.3 is 9.47 Å². The summed E-state index contributed by atoms with van der Waals surface area (Å²) >= 11 is 0. The second-order valence-electron chi connectivity index (χ2n) is 3.76. The molecule has 0 amide bonds. The zero-order chi connectivity index (χ0) is 13.8. The molecule has 0 heterocycles. The third-order valence-electron chi connectivity index (χ3n) is 2.29. The first-order valence-electron chi connectivity index (χ1n) is 5.75. The van der Waals surface area contributed by atoms with Crippen LogP contribution in [0.1, 0.15) is 13.8 Å². The lowest BCUT2D eigenvalue weighted by molar-refractivity contribution is 0.287. The molecule has 0 saturated carbocycles. The van der Waals surface area contributed by atoms with Gasteiger partial charge in [0, 0.05) is 20.2 Å². The zero-order valence-electron chi connectivity index (χ0n) is 11.1. The van der Waals surface area contributed by atoms with Gasteiger partial charge in [-0.3, -0.25) is 0 Å². The molecule has 0 unspecified atom stereocenters. The molecule has 102 valence electrons. The Morgan fingerprint density at radius 2 is 1.61 bits per heavy atom. The Kier molecular flexibility index (Phi) is 4.98. The van der Waals surface area contributed by atoms with Gasteiger partial charge >= 0.3 is 0 Å². The predicted molar refractivity (Wildman–Crippen MR) is 69.7 cm³/mol. The Balaban J connectivity index is 3.22. The molecule has 18 heavy (non-hydrogen) atoms. The zero-order valence-corrected chi connectivity index (χ0v) is 12.0. The van der Waals surface area contributed by atoms with Gasteiger partial charge in [0.2, 0.25) is 10.0 Å². The normalized spacial score (nSPS) is 11.6. The van der Waals surface area contributed by atoms with Crippen molar-refractivity contribution >= 4 is 10.0 Å². The highest BCUT2D eigenvalue weighted by Gasteiger charge is 2.19. The van der Waals surface area contributed by atoms with Crippen molar-refractivity contribution in [2.75, 3.05) is 27.3 Å². The third kappa shape index (κ3) is 3.14. The highest BCUT2D eigenvalue weighted by molar-refractivity contribution is 7.89.